The highest BCUT2D eigenvalue weighted by Crippen LogP contribution is 2.33. The Morgan fingerprint density at radius 2 is 1.91 bits per heavy atom. The fourth-order valence-corrected chi connectivity index (χ4v) is 4.36. The van der Waals surface area contributed by atoms with E-state index in [1.54, 1.807) is 25.6 Å². The van der Waals surface area contributed by atoms with Gasteiger partial charge in [0.05, 0.1) is 47.2 Å². The van der Waals surface area contributed by atoms with Crippen LogP contribution in [0.3, 0.4) is 0 Å². The third kappa shape index (κ3) is 4.27. The van der Waals surface area contributed by atoms with E-state index in [0.717, 1.165) is 49.6 Å². The standard InChI is InChI=1S/C22H21N7O3S/c1-11-19(27-22-26-16-10-14(31-4)6-8-18(16)33-22)12(2)24-20(23-11)28-29-21-25-15-9-13(30-3)5-7-17(15)32-21/h5-6,8-10,17H,7H2,1-4H3,(H,26,27). The molecule has 2 aliphatic rings. The largest absolute Gasteiger partial charge is 0.497 e. The molecule has 1 aromatic carbocycles. The van der Waals surface area contributed by atoms with Crippen molar-refractivity contribution in [3.63, 3.8) is 0 Å². The first-order chi connectivity index (χ1) is 16.0. The molecule has 1 atom stereocenters. The lowest BCUT2D eigenvalue weighted by Gasteiger charge is -2.13. The molecular formula is C22H21N7O3S. The van der Waals surface area contributed by atoms with Gasteiger partial charge in [0.25, 0.3) is 5.95 Å². The number of rotatable bonds is 5. The Bertz CT molecular complexity index is 1340. The predicted octanol–water partition coefficient (Wildman–Crippen LogP) is 5.11. The van der Waals surface area contributed by atoms with Gasteiger partial charge in [-0.3, -0.25) is 0 Å². The topological polar surface area (TPSA) is 115 Å². The number of amidine groups is 1. The number of aliphatic imine (C=N–C) groups is 1. The molecule has 0 radical (unpaired) electrons. The smallest absolute Gasteiger partial charge is 0.336 e. The minimum Gasteiger partial charge on any atom is -0.497 e. The number of ether oxygens (including phenoxy) is 3. The lowest BCUT2D eigenvalue weighted by atomic mass is 10.1. The molecule has 0 fully saturated rings. The highest BCUT2D eigenvalue weighted by atomic mass is 32.1. The first-order valence-electron chi connectivity index (χ1n) is 10.2. The number of aromatic nitrogens is 3. The molecule has 0 spiro atoms. The summed E-state index contributed by atoms with van der Waals surface area (Å²) in [6.07, 6.45) is 4.29. The maximum atomic E-state index is 5.73. The number of anilines is 2. The fourth-order valence-electron chi connectivity index (χ4n) is 3.51. The maximum Gasteiger partial charge on any atom is 0.336 e. The average molecular weight is 464 g/mol. The van der Waals surface area contributed by atoms with Gasteiger partial charge in [-0.25, -0.2) is 15.0 Å². The second-order valence-electron chi connectivity index (χ2n) is 7.36. The monoisotopic (exact) mass is 463 g/mol. The van der Waals surface area contributed by atoms with Crippen molar-refractivity contribution in [3.05, 3.63) is 53.2 Å². The number of benzene rings is 1. The minimum absolute atomic E-state index is 0.164. The van der Waals surface area contributed by atoms with Crippen molar-refractivity contribution in [2.45, 2.75) is 26.4 Å². The number of nitrogens with one attached hydrogen (secondary N) is 1. The van der Waals surface area contributed by atoms with Crippen LogP contribution in [0.2, 0.25) is 0 Å². The summed E-state index contributed by atoms with van der Waals surface area (Å²) in [6, 6.07) is 6.00. The van der Waals surface area contributed by atoms with Gasteiger partial charge in [0.2, 0.25) is 0 Å². The van der Waals surface area contributed by atoms with Gasteiger partial charge in [-0.05, 0) is 32.1 Å². The molecule has 0 saturated carbocycles. The molecule has 2 aromatic heterocycles. The molecule has 0 saturated heterocycles. The van der Waals surface area contributed by atoms with Crippen molar-refractivity contribution in [2.24, 2.45) is 15.2 Å². The van der Waals surface area contributed by atoms with Gasteiger partial charge in [0, 0.05) is 18.6 Å². The summed E-state index contributed by atoms with van der Waals surface area (Å²) in [5.41, 5.74) is 3.87. The summed E-state index contributed by atoms with van der Waals surface area (Å²) in [4.78, 5) is 17.9. The van der Waals surface area contributed by atoms with Crippen LogP contribution < -0.4 is 10.1 Å². The molecule has 3 aromatic rings. The van der Waals surface area contributed by atoms with E-state index in [1.807, 2.05) is 44.2 Å². The molecule has 5 rings (SSSR count). The average Bonchev–Trinajstić information content (AvgIpc) is 3.41. The van der Waals surface area contributed by atoms with Gasteiger partial charge < -0.3 is 19.5 Å². The number of azo groups is 1. The molecule has 1 unspecified atom stereocenters. The number of fused-ring (bicyclic) bond motifs is 2. The minimum atomic E-state index is -0.164. The molecule has 168 valence electrons. The van der Waals surface area contributed by atoms with Crippen LogP contribution >= 0.6 is 11.3 Å². The first kappa shape index (κ1) is 21.0. The molecule has 1 aliphatic carbocycles. The van der Waals surface area contributed by atoms with Crippen LogP contribution in [0.4, 0.5) is 16.8 Å². The quantitative estimate of drug-likeness (QED) is 0.523. The van der Waals surface area contributed by atoms with Crippen LogP contribution in [0.1, 0.15) is 17.8 Å². The van der Waals surface area contributed by atoms with E-state index < -0.39 is 0 Å². The third-order valence-electron chi connectivity index (χ3n) is 5.17. The SMILES string of the molecule is COC1=CCC2OC(N=Nc3nc(C)c(Nc4nc5cc(OC)ccc5s4)c(C)n3)=NC2=C1. The van der Waals surface area contributed by atoms with Gasteiger partial charge in [0.1, 0.15) is 17.6 Å². The van der Waals surface area contributed by atoms with Gasteiger partial charge >= 0.3 is 6.02 Å². The zero-order valence-electron chi connectivity index (χ0n) is 18.5. The molecule has 0 bridgehead atoms. The number of methoxy groups -OCH3 is 2. The second kappa shape index (κ2) is 8.58. The number of hydrogen-bond acceptors (Lipinski definition) is 11. The predicted molar refractivity (Wildman–Crippen MR) is 126 cm³/mol. The summed E-state index contributed by atoms with van der Waals surface area (Å²) < 4.78 is 17.3. The lowest BCUT2D eigenvalue weighted by molar-refractivity contribution is 0.232. The Morgan fingerprint density at radius 3 is 2.67 bits per heavy atom. The molecule has 33 heavy (non-hydrogen) atoms. The van der Waals surface area contributed by atoms with Crippen molar-refractivity contribution in [2.75, 3.05) is 19.5 Å². The summed E-state index contributed by atoms with van der Waals surface area (Å²) in [5.74, 6) is 1.76. The Kier molecular flexibility index (Phi) is 5.47. The van der Waals surface area contributed by atoms with Crippen molar-refractivity contribution >= 4 is 44.3 Å². The van der Waals surface area contributed by atoms with Crippen LogP contribution in [0.15, 0.2) is 57.0 Å². The third-order valence-corrected chi connectivity index (χ3v) is 6.12. The highest BCUT2D eigenvalue weighted by Gasteiger charge is 2.28. The normalized spacial score (nSPS) is 17.3. The Balaban J connectivity index is 1.33. The second-order valence-corrected chi connectivity index (χ2v) is 8.39. The van der Waals surface area contributed by atoms with Gasteiger partial charge in [-0.2, -0.15) is 4.99 Å². The molecule has 11 heteroatoms. The molecule has 10 nitrogen and oxygen atoms in total. The number of hydrogen-bond donors (Lipinski definition) is 1. The van der Waals surface area contributed by atoms with Gasteiger partial charge in [-0.1, -0.05) is 16.5 Å². The molecule has 3 heterocycles. The van der Waals surface area contributed by atoms with Gasteiger partial charge in [0.15, 0.2) is 5.13 Å². The number of nitrogens with zero attached hydrogens (tertiary/aromatic N) is 6. The summed E-state index contributed by atoms with van der Waals surface area (Å²) in [6.45, 7) is 3.76. The van der Waals surface area contributed by atoms with Crippen LogP contribution in [0, 0.1) is 13.8 Å². The number of allylic oxidation sites excluding steroid dienone is 1. The molecule has 1 N–H and O–H groups in total. The number of thiazole rings is 1. The lowest BCUT2D eigenvalue weighted by Crippen LogP contribution is -2.13. The van der Waals surface area contributed by atoms with E-state index >= 15 is 0 Å². The highest BCUT2D eigenvalue weighted by molar-refractivity contribution is 7.22. The van der Waals surface area contributed by atoms with Crippen molar-refractivity contribution in [1.29, 1.82) is 0 Å². The molecule has 1 aliphatic heterocycles. The summed E-state index contributed by atoms with van der Waals surface area (Å²) in [7, 11) is 3.26. The van der Waals surface area contributed by atoms with Crippen molar-refractivity contribution in [1.82, 2.24) is 15.0 Å². The molecule has 0 amide bonds. The summed E-state index contributed by atoms with van der Waals surface area (Å²) in [5, 5.41) is 12.3. The van der Waals surface area contributed by atoms with Crippen LogP contribution in [0.25, 0.3) is 10.2 Å². The first-order valence-corrected chi connectivity index (χ1v) is 11.0. The van der Waals surface area contributed by atoms with E-state index in [1.165, 1.54) is 0 Å². The zero-order chi connectivity index (χ0) is 22.9. The zero-order valence-corrected chi connectivity index (χ0v) is 19.3. The Hall–Kier alpha value is -3.86. The van der Waals surface area contributed by atoms with E-state index in [0.29, 0.717) is 6.42 Å². The number of aryl methyl sites for hydroxylation is 2. The summed E-state index contributed by atoms with van der Waals surface area (Å²) >= 11 is 1.55. The maximum absolute atomic E-state index is 5.73. The fraction of sp³-hybridized carbons (Fsp3) is 0.273. The Morgan fingerprint density at radius 1 is 1.09 bits per heavy atom. The van der Waals surface area contributed by atoms with Crippen LogP contribution in [-0.4, -0.2) is 41.3 Å². The van der Waals surface area contributed by atoms with Gasteiger partial charge in [-0.15, -0.1) is 5.11 Å². The van der Waals surface area contributed by atoms with Crippen molar-refractivity contribution < 1.29 is 14.2 Å². The van der Waals surface area contributed by atoms with E-state index in [2.05, 4.69) is 35.5 Å². The van der Waals surface area contributed by atoms with E-state index in [-0.39, 0.29) is 18.1 Å². The van der Waals surface area contributed by atoms with Crippen LogP contribution in [-0.2, 0) is 9.47 Å². The van der Waals surface area contributed by atoms with Crippen LogP contribution in [0.5, 0.6) is 5.75 Å². The molecular weight excluding hydrogens is 442 g/mol. The van der Waals surface area contributed by atoms with E-state index in [4.69, 9.17) is 14.2 Å². The van der Waals surface area contributed by atoms with E-state index in [9.17, 15) is 0 Å². The van der Waals surface area contributed by atoms with Crippen molar-refractivity contribution in [3.8, 4) is 5.75 Å². The Labute approximate surface area is 193 Å².